The normalized spacial score (nSPS) is 19.6. The Hall–Kier alpha value is -0.570. The predicted octanol–water partition coefficient (Wildman–Crippen LogP) is 2.41. The molecule has 1 atom stereocenters. The van der Waals surface area contributed by atoms with Gasteiger partial charge in [0, 0.05) is 12.1 Å². The van der Waals surface area contributed by atoms with Gasteiger partial charge in [0.05, 0.1) is 6.54 Å². The highest BCUT2D eigenvalue weighted by atomic mass is 16.2. The van der Waals surface area contributed by atoms with Crippen molar-refractivity contribution in [2.45, 2.75) is 65.0 Å². The van der Waals surface area contributed by atoms with Crippen molar-refractivity contribution in [3.05, 3.63) is 0 Å². The largest absolute Gasteiger partial charge is 0.352 e. The second-order valence-corrected chi connectivity index (χ2v) is 5.81. The lowest BCUT2D eigenvalue weighted by Gasteiger charge is -2.31. The van der Waals surface area contributed by atoms with E-state index >= 15 is 0 Å². The molecule has 0 aromatic heterocycles. The van der Waals surface area contributed by atoms with Gasteiger partial charge in [0.2, 0.25) is 5.91 Å². The van der Waals surface area contributed by atoms with E-state index in [0.717, 1.165) is 0 Å². The van der Waals surface area contributed by atoms with Crippen LogP contribution >= 0.6 is 0 Å². The molecular weight excluding hydrogens is 212 g/mol. The van der Waals surface area contributed by atoms with E-state index in [-0.39, 0.29) is 11.9 Å². The molecule has 0 heterocycles. The molecule has 1 saturated carbocycles. The average Bonchev–Trinajstić information content (AvgIpc) is 2.29. The molecule has 1 fully saturated rings. The van der Waals surface area contributed by atoms with Crippen LogP contribution in [0.5, 0.6) is 0 Å². The van der Waals surface area contributed by atoms with Crippen LogP contribution in [0, 0.1) is 5.92 Å². The van der Waals surface area contributed by atoms with Crippen molar-refractivity contribution in [2.75, 3.05) is 13.6 Å². The van der Waals surface area contributed by atoms with Gasteiger partial charge in [0.25, 0.3) is 0 Å². The highest BCUT2D eigenvalue weighted by molar-refractivity contribution is 5.78. The van der Waals surface area contributed by atoms with Gasteiger partial charge in [0.1, 0.15) is 0 Å². The number of hydrogen-bond acceptors (Lipinski definition) is 2. The maximum atomic E-state index is 11.9. The van der Waals surface area contributed by atoms with E-state index < -0.39 is 0 Å². The van der Waals surface area contributed by atoms with E-state index in [1.165, 1.54) is 32.1 Å². The molecule has 1 unspecified atom stereocenters. The number of nitrogens with one attached hydrogen (secondary N) is 1. The van der Waals surface area contributed by atoms with Crippen LogP contribution in [0.1, 0.15) is 52.9 Å². The Morgan fingerprint density at radius 3 is 2.35 bits per heavy atom. The van der Waals surface area contributed by atoms with Crippen molar-refractivity contribution in [3.63, 3.8) is 0 Å². The molecule has 3 heteroatoms. The standard InChI is InChI=1S/C14H28N2O/c1-11(2)12(3)15-14(17)10-16(4)13-8-6-5-7-9-13/h11-13H,5-10H2,1-4H3,(H,15,17). The minimum Gasteiger partial charge on any atom is -0.352 e. The fourth-order valence-corrected chi connectivity index (χ4v) is 2.34. The van der Waals surface area contributed by atoms with Crippen LogP contribution < -0.4 is 5.32 Å². The first kappa shape index (κ1) is 14.5. The third-order valence-electron chi connectivity index (χ3n) is 3.98. The van der Waals surface area contributed by atoms with Gasteiger partial charge < -0.3 is 5.32 Å². The summed E-state index contributed by atoms with van der Waals surface area (Å²) in [6, 6.07) is 0.881. The summed E-state index contributed by atoms with van der Waals surface area (Å²) in [6.07, 6.45) is 6.51. The van der Waals surface area contributed by atoms with Crippen LogP contribution in [0.25, 0.3) is 0 Å². The lowest BCUT2D eigenvalue weighted by atomic mass is 9.94. The Morgan fingerprint density at radius 1 is 1.24 bits per heavy atom. The van der Waals surface area contributed by atoms with Gasteiger partial charge in [-0.2, -0.15) is 0 Å². The summed E-state index contributed by atoms with van der Waals surface area (Å²) in [7, 11) is 2.08. The second kappa shape index (κ2) is 7.00. The van der Waals surface area contributed by atoms with E-state index in [1.807, 2.05) is 0 Å². The Balaban J connectivity index is 2.29. The number of carbonyl (C=O) groups excluding carboxylic acids is 1. The summed E-state index contributed by atoms with van der Waals surface area (Å²) >= 11 is 0. The Bertz CT molecular complexity index is 234. The van der Waals surface area contributed by atoms with Gasteiger partial charge >= 0.3 is 0 Å². The molecule has 1 rings (SSSR count). The van der Waals surface area contributed by atoms with Gasteiger partial charge in [-0.3, -0.25) is 9.69 Å². The van der Waals surface area contributed by atoms with Crippen molar-refractivity contribution >= 4 is 5.91 Å². The van der Waals surface area contributed by atoms with Gasteiger partial charge in [-0.15, -0.1) is 0 Å². The SMILES string of the molecule is CC(C)C(C)NC(=O)CN(C)C1CCCCC1. The number of hydrogen-bond donors (Lipinski definition) is 1. The Morgan fingerprint density at radius 2 is 1.82 bits per heavy atom. The maximum absolute atomic E-state index is 11.9. The smallest absolute Gasteiger partial charge is 0.234 e. The fourth-order valence-electron chi connectivity index (χ4n) is 2.34. The zero-order valence-electron chi connectivity index (χ0n) is 11.8. The molecule has 0 saturated heterocycles. The Labute approximate surface area is 106 Å². The summed E-state index contributed by atoms with van der Waals surface area (Å²) in [5.74, 6) is 0.665. The summed E-state index contributed by atoms with van der Waals surface area (Å²) in [5.41, 5.74) is 0. The number of carbonyl (C=O) groups is 1. The van der Waals surface area contributed by atoms with Crippen molar-refractivity contribution in [2.24, 2.45) is 5.92 Å². The zero-order valence-corrected chi connectivity index (χ0v) is 11.8. The topological polar surface area (TPSA) is 32.3 Å². The van der Waals surface area contributed by atoms with Crippen molar-refractivity contribution in [1.82, 2.24) is 10.2 Å². The van der Waals surface area contributed by atoms with E-state index in [0.29, 0.717) is 18.5 Å². The molecule has 1 N–H and O–H groups in total. The monoisotopic (exact) mass is 240 g/mol. The third-order valence-corrected chi connectivity index (χ3v) is 3.98. The predicted molar refractivity (Wildman–Crippen MR) is 71.9 cm³/mol. The molecule has 1 aliphatic carbocycles. The summed E-state index contributed by atoms with van der Waals surface area (Å²) < 4.78 is 0. The lowest BCUT2D eigenvalue weighted by molar-refractivity contribution is -0.123. The molecule has 1 amide bonds. The minimum absolute atomic E-state index is 0.166. The van der Waals surface area contributed by atoms with Crippen LogP contribution in [0.4, 0.5) is 0 Å². The number of rotatable bonds is 5. The van der Waals surface area contributed by atoms with Gasteiger partial charge in [-0.25, -0.2) is 0 Å². The second-order valence-electron chi connectivity index (χ2n) is 5.81. The average molecular weight is 240 g/mol. The van der Waals surface area contributed by atoms with Crippen LogP contribution in [-0.4, -0.2) is 36.5 Å². The van der Waals surface area contributed by atoms with Gasteiger partial charge in [0.15, 0.2) is 0 Å². The Kier molecular flexibility index (Phi) is 5.96. The maximum Gasteiger partial charge on any atom is 0.234 e. The first-order valence-corrected chi connectivity index (χ1v) is 7.00. The van der Waals surface area contributed by atoms with E-state index in [9.17, 15) is 4.79 Å². The molecule has 3 nitrogen and oxygen atoms in total. The van der Waals surface area contributed by atoms with Crippen LogP contribution in [0.15, 0.2) is 0 Å². The van der Waals surface area contributed by atoms with Crippen molar-refractivity contribution in [1.29, 1.82) is 0 Å². The van der Waals surface area contributed by atoms with Gasteiger partial charge in [-0.05, 0) is 32.7 Å². The third kappa shape index (κ3) is 5.07. The highest BCUT2D eigenvalue weighted by Gasteiger charge is 2.20. The fraction of sp³-hybridized carbons (Fsp3) is 0.929. The van der Waals surface area contributed by atoms with Crippen LogP contribution in [0.3, 0.4) is 0 Å². The van der Waals surface area contributed by atoms with E-state index in [2.05, 4.69) is 38.0 Å². The van der Waals surface area contributed by atoms with Gasteiger partial charge in [-0.1, -0.05) is 33.1 Å². The first-order valence-electron chi connectivity index (χ1n) is 7.00. The number of likely N-dealkylation sites (N-methyl/N-ethyl adjacent to an activating group) is 1. The molecule has 0 spiro atoms. The molecule has 0 aliphatic heterocycles. The lowest BCUT2D eigenvalue weighted by Crippen LogP contribution is -2.45. The highest BCUT2D eigenvalue weighted by Crippen LogP contribution is 2.21. The number of nitrogens with zero attached hydrogens (tertiary/aromatic N) is 1. The molecule has 0 bridgehead atoms. The van der Waals surface area contributed by atoms with Crippen LogP contribution in [-0.2, 0) is 4.79 Å². The summed E-state index contributed by atoms with van der Waals surface area (Å²) in [4.78, 5) is 14.1. The minimum atomic E-state index is 0.166. The van der Waals surface area contributed by atoms with Crippen LogP contribution in [0.2, 0.25) is 0 Å². The molecule has 0 aromatic rings. The first-order chi connectivity index (χ1) is 8.00. The van der Waals surface area contributed by atoms with E-state index in [4.69, 9.17) is 0 Å². The molecule has 100 valence electrons. The number of amides is 1. The zero-order chi connectivity index (χ0) is 12.8. The molecule has 0 radical (unpaired) electrons. The quantitative estimate of drug-likeness (QED) is 0.800. The summed E-state index contributed by atoms with van der Waals surface area (Å²) in [5, 5.41) is 3.07. The molecule has 1 aliphatic rings. The van der Waals surface area contributed by atoms with E-state index in [1.54, 1.807) is 0 Å². The molecule has 17 heavy (non-hydrogen) atoms. The molecule has 0 aromatic carbocycles. The van der Waals surface area contributed by atoms with Crippen molar-refractivity contribution in [3.8, 4) is 0 Å². The summed E-state index contributed by atoms with van der Waals surface area (Å²) in [6.45, 7) is 6.89. The van der Waals surface area contributed by atoms with Crippen molar-refractivity contribution < 1.29 is 4.79 Å². The molecular formula is C14H28N2O.